The van der Waals surface area contributed by atoms with E-state index in [-0.39, 0.29) is 11.2 Å². The van der Waals surface area contributed by atoms with Crippen LogP contribution in [0.2, 0.25) is 5.28 Å². The lowest BCUT2D eigenvalue weighted by molar-refractivity contribution is -0.124. The van der Waals surface area contributed by atoms with Crippen LogP contribution in [0.4, 0.5) is 17.7 Å². The van der Waals surface area contributed by atoms with Crippen LogP contribution in [0.5, 0.6) is 0 Å². The third-order valence-electron chi connectivity index (χ3n) is 5.77. The van der Waals surface area contributed by atoms with Gasteiger partial charge in [0, 0.05) is 18.5 Å². The molecule has 5 rings (SSSR count). The third-order valence-corrected chi connectivity index (χ3v) is 5.94. The Bertz CT molecular complexity index is 1060. The molecule has 1 amide bonds. The van der Waals surface area contributed by atoms with E-state index in [1.54, 1.807) is 6.21 Å². The molecule has 3 N–H and O–H groups in total. The minimum absolute atomic E-state index is 0.0490. The molecule has 4 heterocycles. The van der Waals surface area contributed by atoms with Crippen molar-refractivity contribution in [1.29, 1.82) is 0 Å². The summed E-state index contributed by atoms with van der Waals surface area (Å²) in [6.07, 6.45) is 5.40. The number of carbonyl (C=O) groups excluding carboxylic acids is 1. The van der Waals surface area contributed by atoms with Crippen molar-refractivity contribution in [3.8, 4) is 0 Å². The van der Waals surface area contributed by atoms with Crippen molar-refractivity contribution in [1.82, 2.24) is 30.5 Å². The number of nitrogens with zero attached hydrogens (tertiary/aromatic N) is 7. The highest BCUT2D eigenvalue weighted by Gasteiger charge is 2.45. The minimum Gasteiger partial charge on any atom is -0.326 e. The Hall–Kier alpha value is -3.08. The molecule has 0 spiro atoms. The van der Waals surface area contributed by atoms with Crippen molar-refractivity contribution in [2.24, 2.45) is 9.98 Å². The summed E-state index contributed by atoms with van der Waals surface area (Å²) in [6.45, 7) is 3.71. The maximum atomic E-state index is 13.1. The molecule has 0 aromatic carbocycles. The maximum Gasteiger partial charge on any atom is 0.251 e. The molecule has 2 aromatic rings. The maximum absolute atomic E-state index is 13.1. The molecule has 162 valence electrons. The van der Waals surface area contributed by atoms with Crippen molar-refractivity contribution < 1.29 is 4.79 Å². The van der Waals surface area contributed by atoms with Crippen LogP contribution in [-0.2, 0) is 4.79 Å². The first kappa shape index (κ1) is 19.9. The fourth-order valence-corrected chi connectivity index (χ4v) is 4.04. The van der Waals surface area contributed by atoms with Gasteiger partial charge in [0.15, 0.2) is 0 Å². The zero-order valence-electron chi connectivity index (χ0n) is 17.1. The quantitative estimate of drug-likeness (QED) is 0.642. The lowest BCUT2D eigenvalue weighted by Gasteiger charge is -2.33. The van der Waals surface area contributed by atoms with E-state index in [0.29, 0.717) is 55.5 Å². The van der Waals surface area contributed by atoms with Crippen molar-refractivity contribution >= 4 is 47.3 Å². The Balaban J connectivity index is 1.36. The number of aromatic nitrogens is 5. The van der Waals surface area contributed by atoms with E-state index in [9.17, 15) is 4.79 Å². The highest BCUT2D eigenvalue weighted by Crippen LogP contribution is 2.39. The predicted molar refractivity (Wildman–Crippen MR) is 117 cm³/mol. The number of amidine groups is 1. The predicted octanol–water partition coefficient (Wildman–Crippen LogP) is 1.83. The van der Waals surface area contributed by atoms with Crippen LogP contribution in [0.25, 0.3) is 0 Å². The second kappa shape index (κ2) is 7.88. The summed E-state index contributed by atoms with van der Waals surface area (Å²) in [6, 6.07) is 1.95. The number of amides is 1. The first-order valence-corrected chi connectivity index (χ1v) is 10.8. The number of anilines is 3. The number of aliphatic imine (C=N–C) groups is 2. The molecule has 1 aliphatic carbocycles. The van der Waals surface area contributed by atoms with Gasteiger partial charge < -0.3 is 15.5 Å². The number of halogens is 1. The molecule has 1 saturated carbocycles. The molecule has 1 saturated heterocycles. The van der Waals surface area contributed by atoms with Gasteiger partial charge in [0.05, 0.1) is 25.0 Å². The highest BCUT2D eigenvalue weighted by molar-refractivity contribution is 6.33. The number of rotatable bonds is 5. The van der Waals surface area contributed by atoms with E-state index in [1.165, 1.54) is 12.8 Å². The van der Waals surface area contributed by atoms with Crippen LogP contribution in [-0.4, -0.2) is 68.3 Å². The summed E-state index contributed by atoms with van der Waals surface area (Å²) in [5, 5.41) is 13.3. The lowest BCUT2D eigenvalue weighted by atomic mass is 9.98. The van der Waals surface area contributed by atoms with Gasteiger partial charge in [-0.1, -0.05) is 0 Å². The number of carbonyl (C=O) groups is 1. The number of nitrogens with one attached hydrogen (secondary N) is 3. The van der Waals surface area contributed by atoms with Crippen molar-refractivity contribution in [3.05, 3.63) is 17.0 Å². The second-order valence-electron chi connectivity index (χ2n) is 8.12. The SMILES string of the molecule is C[C@@]1(C(=O)NC2=NCCN=C2)CCCN1c1nc(Cl)nc(Nc2cc(C3CC3)n[nH]2)n1. The van der Waals surface area contributed by atoms with E-state index >= 15 is 0 Å². The molecule has 2 aromatic heterocycles. The summed E-state index contributed by atoms with van der Waals surface area (Å²) in [4.78, 5) is 36.5. The Labute approximate surface area is 183 Å². The molecule has 0 bridgehead atoms. The monoisotopic (exact) mass is 442 g/mol. The molecule has 0 unspecified atom stereocenters. The lowest BCUT2D eigenvalue weighted by Crippen LogP contribution is -2.55. The average Bonchev–Trinajstić information content (AvgIpc) is 3.37. The molecule has 1 atom stereocenters. The molecule has 3 aliphatic rings. The minimum atomic E-state index is -0.844. The molecular formula is C19H23ClN10O. The van der Waals surface area contributed by atoms with E-state index in [1.807, 2.05) is 17.9 Å². The van der Waals surface area contributed by atoms with Crippen LogP contribution in [0.15, 0.2) is 16.1 Å². The van der Waals surface area contributed by atoms with Crippen LogP contribution >= 0.6 is 11.6 Å². The fraction of sp³-hybridized carbons (Fsp3) is 0.526. The van der Waals surface area contributed by atoms with Gasteiger partial charge in [-0.05, 0) is 44.2 Å². The highest BCUT2D eigenvalue weighted by atomic mass is 35.5. The van der Waals surface area contributed by atoms with Crippen LogP contribution < -0.4 is 15.5 Å². The fourth-order valence-electron chi connectivity index (χ4n) is 3.89. The normalized spacial score (nSPS) is 23.0. The molecular weight excluding hydrogens is 420 g/mol. The van der Waals surface area contributed by atoms with Crippen LogP contribution in [0.1, 0.15) is 44.2 Å². The Morgan fingerprint density at radius 3 is 2.94 bits per heavy atom. The van der Waals surface area contributed by atoms with Crippen molar-refractivity contribution in [3.63, 3.8) is 0 Å². The van der Waals surface area contributed by atoms with Crippen molar-refractivity contribution in [2.75, 3.05) is 29.9 Å². The smallest absolute Gasteiger partial charge is 0.251 e. The van der Waals surface area contributed by atoms with Gasteiger partial charge in [-0.3, -0.25) is 19.9 Å². The summed E-state index contributed by atoms with van der Waals surface area (Å²) >= 11 is 6.20. The van der Waals surface area contributed by atoms with Gasteiger partial charge in [-0.25, -0.2) is 0 Å². The first-order chi connectivity index (χ1) is 15.0. The van der Waals surface area contributed by atoms with Gasteiger partial charge in [0.2, 0.25) is 17.2 Å². The van der Waals surface area contributed by atoms with Gasteiger partial charge in [-0.15, -0.1) is 0 Å². The Kier molecular flexibility index (Phi) is 5.05. The molecule has 2 aliphatic heterocycles. The van der Waals surface area contributed by atoms with E-state index < -0.39 is 5.54 Å². The van der Waals surface area contributed by atoms with Crippen LogP contribution in [0, 0.1) is 0 Å². The van der Waals surface area contributed by atoms with Gasteiger partial charge in [0.1, 0.15) is 17.2 Å². The summed E-state index contributed by atoms with van der Waals surface area (Å²) < 4.78 is 0. The standard InChI is InChI=1S/C19H23ClN10O/c1-19(15(31)23-14-10-21-6-7-22-14)5-2-8-30(19)18-26-16(20)25-17(27-18)24-13-9-12(28-29-13)11-3-4-11/h9-11H,2-8H2,1H3,(H,22,23,31)(H2,24,25,26,27,28,29)/t19-/m0/s1. The number of aromatic amines is 1. The number of hydrogen-bond donors (Lipinski definition) is 3. The van der Waals surface area contributed by atoms with Gasteiger partial charge in [-0.2, -0.15) is 20.1 Å². The summed E-state index contributed by atoms with van der Waals surface area (Å²) in [5.74, 6) is 2.16. The Morgan fingerprint density at radius 2 is 2.16 bits per heavy atom. The second-order valence-corrected chi connectivity index (χ2v) is 8.46. The number of H-pyrrole nitrogens is 1. The van der Waals surface area contributed by atoms with E-state index in [0.717, 1.165) is 12.1 Å². The van der Waals surface area contributed by atoms with Gasteiger partial charge in [0.25, 0.3) is 5.91 Å². The molecule has 11 nitrogen and oxygen atoms in total. The summed E-state index contributed by atoms with van der Waals surface area (Å²) in [5.41, 5.74) is 0.184. The largest absolute Gasteiger partial charge is 0.326 e. The van der Waals surface area contributed by atoms with Crippen LogP contribution in [0.3, 0.4) is 0 Å². The third kappa shape index (κ3) is 4.09. The topological polar surface area (TPSA) is 136 Å². The molecule has 0 radical (unpaired) electrons. The van der Waals surface area contributed by atoms with Gasteiger partial charge >= 0.3 is 0 Å². The molecule has 31 heavy (non-hydrogen) atoms. The zero-order valence-corrected chi connectivity index (χ0v) is 17.9. The zero-order chi connectivity index (χ0) is 21.4. The Morgan fingerprint density at radius 1 is 1.29 bits per heavy atom. The molecule has 12 heteroatoms. The van der Waals surface area contributed by atoms with Crippen molar-refractivity contribution in [2.45, 2.75) is 44.1 Å². The van der Waals surface area contributed by atoms with E-state index in [2.05, 4.69) is 45.8 Å². The summed E-state index contributed by atoms with van der Waals surface area (Å²) in [7, 11) is 0. The first-order valence-electron chi connectivity index (χ1n) is 10.4. The molecule has 2 fully saturated rings. The van der Waals surface area contributed by atoms with E-state index in [4.69, 9.17) is 11.6 Å². The average molecular weight is 443 g/mol. The number of hydrogen-bond acceptors (Lipinski definition) is 9.